The zero-order valence-electron chi connectivity index (χ0n) is 21.3. The summed E-state index contributed by atoms with van der Waals surface area (Å²) < 4.78 is 10.1. The molecule has 11 heteroatoms. The van der Waals surface area contributed by atoms with Crippen molar-refractivity contribution in [2.75, 3.05) is 80.0 Å². The summed E-state index contributed by atoms with van der Waals surface area (Å²) in [5, 5.41) is 6.17. The second-order valence-electron chi connectivity index (χ2n) is 8.98. The molecule has 3 aromatic rings. The van der Waals surface area contributed by atoms with E-state index < -0.39 is 5.97 Å². The normalized spacial score (nSPS) is 15.7. The third-order valence-corrected chi connectivity index (χ3v) is 6.59. The van der Waals surface area contributed by atoms with Crippen LogP contribution in [0.1, 0.15) is 10.4 Å². The predicted molar refractivity (Wildman–Crippen MR) is 145 cm³/mol. The molecular formula is C27H31N7O4. The molecule has 2 fully saturated rings. The largest absolute Gasteiger partial charge is 0.465 e. The van der Waals surface area contributed by atoms with Crippen LogP contribution in [0.5, 0.6) is 0 Å². The SMILES string of the molecule is COC(=O)c1ccc(NC(=O)N2CCN(c3ccnc(Nc4ccc(N5CCOCC5)cc4)n3)CC2)cc1. The van der Waals surface area contributed by atoms with Gasteiger partial charge in [0.25, 0.3) is 0 Å². The molecular weight excluding hydrogens is 486 g/mol. The molecule has 198 valence electrons. The molecule has 0 spiro atoms. The van der Waals surface area contributed by atoms with Crippen molar-refractivity contribution in [1.82, 2.24) is 14.9 Å². The second kappa shape index (κ2) is 11.8. The highest BCUT2D eigenvalue weighted by Crippen LogP contribution is 2.22. The summed E-state index contributed by atoms with van der Waals surface area (Å²) >= 11 is 0. The van der Waals surface area contributed by atoms with E-state index in [0.29, 0.717) is 43.4 Å². The Balaban J connectivity index is 1.13. The molecule has 1 aromatic heterocycles. The monoisotopic (exact) mass is 517 g/mol. The fraction of sp³-hybridized carbons (Fsp3) is 0.333. The first-order valence-electron chi connectivity index (χ1n) is 12.6. The van der Waals surface area contributed by atoms with E-state index in [1.54, 1.807) is 35.4 Å². The number of nitrogens with zero attached hydrogens (tertiary/aromatic N) is 5. The van der Waals surface area contributed by atoms with Crippen LogP contribution < -0.4 is 20.4 Å². The minimum absolute atomic E-state index is 0.180. The standard InChI is InChI=1S/C27H31N7O4/c1-37-25(35)20-2-4-22(5-3-20)30-27(36)34-14-12-33(13-15-34)24-10-11-28-26(31-24)29-21-6-8-23(9-7-21)32-16-18-38-19-17-32/h2-11H,12-19H2,1H3,(H,30,36)(H,28,29,31). The van der Waals surface area contributed by atoms with Gasteiger partial charge >= 0.3 is 12.0 Å². The number of methoxy groups -OCH3 is 1. The van der Waals surface area contributed by atoms with E-state index in [1.807, 2.05) is 18.2 Å². The Morgan fingerprint density at radius 2 is 1.53 bits per heavy atom. The van der Waals surface area contributed by atoms with Crippen molar-refractivity contribution in [3.05, 3.63) is 66.4 Å². The maximum atomic E-state index is 12.7. The van der Waals surface area contributed by atoms with Crippen molar-refractivity contribution in [3.63, 3.8) is 0 Å². The molecule has 2 amide bonds. The summed E-state index contributed by atoms with van der Waals surface area (Å²) in [4.78, 5) is 39.6. The summed E-state index contributed by atoms with van der Waals surface area (Å²) in [6.07, 6.45) is 1.74. The van der Waals surface area contributed by atoms with Gasteiger partial charge < -0.3 is 34.8 Å². The van der Waals surface area contributed by atoms with E-state index in [0.717, 1.165) is 37.8 Å². The third-order valence-electron chi connectivity index (χ3n) is 6.59. The highest BCUT2D eigenvalue weighted by molar-refractivity contribution is 5.92. The van der Waals surface area contributed by atoms with Gasteiger partial charge in [-0.15, -0.1) is 0 Å². The molecule has 3 heterocycles. The number of amides is 2. The molecule has 0 saturated carbocycles. The number of aromatic nitrogens is 2. The number of urea groups is 1. The maximum Gasteiger partial charge on any atom is 0.337 e. The lowest BCUT2D eigenvalue weighted by molar-refractivity contribution is 0.0600. The summed E-state index contributed by atoms with van der Waals surface area (Å²) in [5.74, 6) is 0.923. The lowest BCUT2D eigenvalue weighted by Crippen LogP contribution is -2.50. The van der Waals surface area contributed by atoms with Crippen molar-refractivity contribution in [1.29, 1.82) is 0 Å². The molecule has 2 aromatic carbocycles. The molecule has 5 rings (SSSR count). The van der Waals surface area contributed by atoms with Gasteiger partial charge in [0.2, 0.25) is 5.95 Å². The number of ether oxygens (including phenoxy) is 2. The second-order valence-corrected chi connectivity index (χ2v) is 8.98. The molecule has 0 aliphatic carbocycles. The van der Waals surface area contributed by atoms with Gasteiger partial charge in [-0.3, -0.25) is 0 Å². The number of morpholine rings is 1. The summed E-state index contributed by atoms with van der Waals surface area (Å²) in [6.45, 7) is 5.73. The smallest absolute Gasteiger partial charge is 0.337 e. The number of esters is 1. The van der Waals surface area contributed by atoms with Crippen LogP contribution in [-0.4, -0.2) is 86.5 Å². The molecule has 0 radical (unpaired) electrons. The summed E-state index contributed by atoms with van der Waals surface area (Å²) in [5.41, 5.74) is 3.14. The number of carbonyl (C=O) groups is 2. The summed E-state index contributed by atoms with van der Waals surface area (Å²) in [6, 6.07) is 16.6. The van der Waals surface area contributed by atoms with Crippen molar-refractivity contribution < 1.29 is 19.1 Å². The lowest BCUT2D eigenvalue weighted by Gasteiger charge is -2.35. The van der Waals surface area contributed by atoms with Crippen LogP contribution in [-0.2, 0) is 9.47 Å². The number of carbonyl (C=O) groups excluding carboxylic acids is 2. The van der Waals surface area contributed by atoms with E-state index in [-0.39, 0.29) is 6.03 Å². The molecule has 2 aliphatic heterocycles. The Bertz CT molecular complexity index is 1240. The molecule has 11 nitrogen and oxygen atoms in total. The number of benzene rings is 2. The fourth-order valence-corrected chi connectivity index (χ4v) is 4.44. The van der Waals surface area contributed by atoms with E-state index in [4.69, 9.17) is 14.5 Å². The topological polar surface area (TPSA) is 112 Å². The van der Waals surface area contributed by atoms with Crippen LogP contribution in [0.3, 0.4) is 0 Å². The average Bonchev–Trinajstić information content (AvgIpc) is 2.98. The number of hydrogen-bond acceptors (Lipinski definition) is 9. The number of piperazine rings is 1. The third kappa shape index (κ3) is 6.12. The van der Waals surface area contributed by atoms with Gasteiger partial charge in [0.15, 0.2) is 0 Å². The number of rotatable bonds is 6. The van der Waals surface area contributed by atoms with Gasteiger partial charge in [0.1, 0.15) is 5.82 Å². The maximum absolute atomic E-state index is 12.7. The van der Waals surface area contributed by atoms with Crippen molar-refractivity contribution in [2.24, 2.45) is 0 Å². The van der Waals surface area contributed by atoms with E-state index >= 15 is 0 Å². The Morgan fingerprint density at radius 1 is 0.842 bits per heavy atom. The molecule has 0 bridgehead atoms. The summed E-state index contributed by atoms with van der Waals surface area (Å²) in [7, 11) is 1.34. The number of hydrogen-bond donors (Lipinski definition) is 2. The van der Waals surface area contributed by atoms with Gasteiger partial charge in [-0.1, -0.05) is 0 Å². The highest BCUT2D eigenvalue weighted by atomic mass is 16.5. The molecule has 2 N–H and O–H groups in total. The average molecular weight is 518 g/mol. The van der Waals surface area contributed by atoms with E-state index in [9.17, 15) is 9.59 Å². The number of anilines is 5. The molecule has 2 saturated heterocycles. The van der Waals surface area contributed by atoms with Gasteiger partial charge in [0, 0.05) is 62.5 Å². The van der Waals surface area contributed by atoms with Gasteiger partial charge in [0.05, 0.1) is 25.9 Å². The zero-order chi connectivity index (χ0) is 26.3. The highest BCUT2D eigenvalue weighted by Gasteiger charge is 2.22. The van der Waals surface area contributed by atoms with E-state index in [2.05, 4.69) is 37.6 Å². The molecule has 38 heavy (non-hydrogen) atoms. The van der Waals surface area contributed by atoms with Crippen molar-refractivity contribution >= 4 is 40.8 Å². The van der Waals surface area contributed by atoms with Crippen LogP contribution in [0, 0.1) is 0 Å². The van der Waals surface area contributed by atoms with Gasteiger partial charge in [-0.05, 0) is 54.6 Å². The minimum Gasteiger partial charge on any atom is -0.465 e. The van der Waals surface area contributed by atoms with Crippen molar-refractivity contribution in [2.45, 2.75) is 0 Å². The molecule has 2 aliphatic rings. The van der Waals surface area contributed by atoms with Crippen LogP contribution in [0.25, 0.3) is 0 Å². The minimum atomic E-state index is -0.413. The Labute approximate surface area is 221 Å². The fourth-order valence-electron chi connectivity index (χ4n) is 4.44. The van der Waals surface area contributed by atoms with Gasteiger partial charge in [-0.25, -0.2) is 14.6 Å². The molecule has 0 atom stereocenters. The van der Waals surface area contributed by atoms with Gasteiger partial charge in [-0.2, -0.15) is 4.98 Å². The van der Waals surface area contributed by atoms with Crippen LogP contribution in [0.4, 0.5) is 33.6 Å². The lowest BCUT2D eigenvalue weighted by atomic mass is 10.2. The quantitative estimate of drug-likeness (QED) is 0.476. The van der Waals surface area contributed by atoms with Crippen LogP contribution in [0.15, 0.2) is 60.8 Å². The van der Waals surface area contributed by atoms with Crippen molar-refractivity contribution in [3.8, 4) is 0 Å². The predicted octanol–water partition coefficient (Wildman–Crippen LogP) is 3.20. The zero-order valence-corrected chi connectivity index (χ0v) is 21.3. The first kappa shape index (κ1) is 25.3. The first-order chi connectivity index (χ1) is 18.6. The van der Waals surface area contributed by atoms with Crippen LogP contribution in [0.2, 0.25) is 0 Å². The Morgan fingerprint density at radius 3 is 2.21 bits per heavy atom. The van der Waals surface area contributed by atoms with Crippen LogP contribution >= 0.6 is 0 Å². The Kier molecular flexibility index (Phi) is 7.84. The molecule has 0 unspecified atom stereocenters. The Hall–Kier alpha value is -4.38. The van der Waals surface area contributed by atoms with E-state index in [1.165, 1.54) is 12.8 Å². The first-order valence-corrected chi connectivity index (χ1v) is 12.6. The number of nitrogens with one attached hydrogen (secondary N) is 2.